The van der Waals surface area contributed by atoms with Gasteiger partial charge in [-0.2, -0.15) is 0 Å². The van der Waals surface area contributed by atoms with Crippen LogP contribution in [0.5, 0.6) is 0 Å². The molecule has 112 valence electrons. The number of hydrogen-bond donors (Lipinski definition) is 1. The number of aryl methyl sites for hydroxylation is 2. The Morgan fingerprint density at radius 3 is 2.35 bits per heavy atom. The van der Waals surface area contributed by atoms with Gasteiger partial charge < -0.3 is 10.0 Å². The molecule has 0 spiro atoms. The van der Waals surface area contributed by atoms with Crippen molar-refractivity contribution in [3.63, 3.8) is 0 Å². The molecule has 1 saturated heterocycles. The largest absolute Gasteiger partial charge is 0.387 e. The number of rotatable bonds is 5. The predicted molar refractivity (Wildman–Crippen MR) is 84.0 cm³/mol. The van der Waals surface area contributed by atoms with Crippen molar-refractivity contribution in [2.45, 2.75) is 33.3 Å². The number of piperazine rings is 1. The first-order valence-electron chi connectivity index (χ1n) is 7.80. The van der Waals surface area contributed by atoms with Crippen molar-refractivity contribution in [2.24, 2.45) is 0 Å². The first-order chi connectivity index (χ1) is 9.60. The van der Waals surface area contributed by atoms with E-state index in [9.17, 15) is 5.11 Å². The van der Waals surface area contributed by atoms with E-state index in [1.807, 2.05) is 0 Å². The van der Waals surface area contributed by atoms with Crippen molar-refractivity contribution in [1.82, 2.24) is 9.80 Å². The van der Waals surface area contributed by atoms with Crippen LogP contribution in [0.15, 0.2) is 18.2 Å². The van der Waals surface area contributed by atoms with Crippen molar-refractivity contribution in [1.29, 1.82) is 0 Å². The third-order valence-electron chi connectivity index (χ3n) is 4.22. The van der Waals surface area contributed by atoms with E-state index in [0.717, 1.165) is 38.3 Å². The van der Waals surface area contributed by atoms with Gasteiger partial charge in [0.05, 0.1) is 6.10 Å². The van der Waals surface area contributed by atoms with E-state index < -0.39 is 0 Å². The van der Waals surface area contributed by atoms with Gasteiger partial charge in [0, 0.05) is 32.7 Å². The van der Waals surface area contributed by atoms with Gasteiger partial charge in [0.25, 0.3) is 0 Å². The number of nitrogens with zero attached hydrogens (tertiary/aromatic N) is 2. The van der Waals surface area contributed by atoms with E-state index in [4.69, 9.17) is 0 Å². The molecule has 1 aromatic rings. The maximum absolute atomic E-state index is 10.5. The van der Waals surface area contributed by atoms with Gasteiger partial charge in [-0.05, 0) is 37.9 Å². The van der Waals surface area contributed by atoms with Crippen LogP contribution >= 0.6 is 0 Å². The van der Waals surface area contributed by atoms with Gasteiger partial charge in [-0.15, -0.1) is 0 Å². The van der Waals surface area contributed by atoms with Crippen molar-refractivity contribution >= 4 is 0 Å². The molecule has 20 heavy (non-hydrogen) atoms. The number of hydrogen-bond acceptors (Lipinski definition) is 3. The lowest BCUT2D eigenvalue weighted by Crippen LogP contribution is -2.47. The minimum atomic E-state index is -0.367. The molecule has 0 radical (unpaired) electrons. The zero-order valence-electron chi connectivity index (χ0n) is 13.1. The molecule has 1 aromatic carbocycles. The molecule has 0 saturated carbocycles. The molecule has 1 aliphatic rings. The maximum atomic E-state index is 10.5. The lowest BCUT2D eigenvalue weighted by Gasteiger charge is -2.35. The van der Waals surface area contributed by atoms with Crippen LogP contribution in [-0.2, 0) is 0 Å². The molecule has 1 unspecified atom stereocenters. The summed E-state index contributed by atoms with van der Waals surface area (Å²) in [7, 11) is 0. The van der Waals surface area contributed by atoms with E-state index >= 15 is 0 Å². The van der Waals surface area contributed by atoms with Crippen molar-refractivity contribution in [2.75, 3.05) is 39.3 Å². The molecule has 1 N–H and O–H groups in total. The quantitative estimate of drug-likeness (QED) is 0.894. The Morgan fingerprint density at radius 2 is 1.75 bits per heavy atom. The Kier molecular flexibility index (Phi) is 5.58. The summed E-state index contributed by atoms with van der Waals surface area (Å²) in [5.41, 5.74) is 3.53. The van der Waals surface area contributed by atoms with E-state index in [-0.39, 0.29) is 6.10 Å². The third kappa shape index (κ3) is 4.05. The van der Waals surface area contributed by atoms with E-state index in [0.29, 0.717) is 0 Å². The smallest absolute Gasteiger partial charge is 0.0919 e. The second kappa shape index (κ2) is 7.21. The van der Waals surface area contributed by atoms with Crippen LogP contribution in [0.3, 0.4) is 0 Å². The summed E-state index contributed by atoms with van der Waals surface area (Å²) in [6.45, 7) is 12.8. The van der Waals surface area contributed by atoms with Gasteiger partial charge in [-0.25, -0.2) is 0 Å². The normalized spacial score (nSPS) is 19.2. The van der Waals surface area contributed by atoms with Crippen molar-refractivity contribution in [3.05, 3.63) is 34.9 Å². The Balaban J connectivity index is 1.87. The summed E-state index contributed by atoms with van der Waals surface area (Å²) in [5, 5.41) is 10.5. The molecule has 3 nitrogen and oxygen atoms in total. The molecular formula is C17H28N2O. The van der Waals surface area contributed by atoms with Gasteiger partial charge in [0.15, 0.2) is 0 Å². The van der Waals surface area contributed by atoms with Gasteiger partial charge in [0.2, 0.25) is 0 Å². The zero-order chi connectivity index (χ0) is 14.5. The molecule has 0 bridgehead atoms. The average molecular weight is 276 g/mol. The Morgan fingerprint density at radius 1 is 1.10 bits per heavy atom. The van der Waals surface area contributed by atoms with Crippen LogP contribution < -0.4 is 0 Å². The lowest BCUT2D eigenvalue weighted by atomic mass is 10.0. The molecule has 1 atom stereocenters. The van der Waals surface area contributed by atoms with Crippen LogP contribution in [-0.4, -0.2) is 54.2 Å². The van der Waals surface area contributed by atoms with Crippen LogP contribution in [0.25, 0.3) is 0 Å². The molecule has 0 amide bonds. The fourth-order valence-corrected chi connectivity index (χ4v) is 3.05. The topological polar surface area (TPSA) is 26.7 Å². The minimum absolute atomic E-state index is 0.367. The fraction of sp³-hybridized carbons (Fsp3) is 0.647. The number of aliphatic hydroxyl groups excluding tert-OH is 1. The van der Waals surface area contributed by atoms with Crippen LogP contribution in [0, 0.1) is 13.8 Å². The first-order valence-corrected chi connectivity index (χ1v) is 7.80. The molecule has 1 fully saturated rings. The minimum Gasteiger partial charge on any atom is -0.387 e. The van der Waals surface area contributed by atoms with Crippen molar-refractivity contribution in [3.8, 4) is 0 Å². The molecule has 0 aromatic heterocycles. The summed E-state index contributed by atoms with van der Waals surface area (Å²) in [4.78, 5) is 4.90. The Hall–Kier alpha value is -0.900. The Labute approximate surface area is 123 Å². The van der Waals surface area contributed by atoms with Gasteiger partial charge in [-0.1, -0.05) is 30.7 Å². The van der Waals surface area contributed by atoms with Gasteiger partial charge >= 0.3 is 0 Å². The van der Waals surface area contributed by atoms with E-state index in [1.165, 1.54) is 24.1 Å². The van der Waals surface area contributed by atoms with E-state index in [2.05, 4.69) is 48.8 Å². The summed E-state index contributed by atoms with van der Waals surface area (Å²) >= 11 is 0. The third-order valence-corrected chi connectivity index (χ3v) is 4.22. The average Bonchev–Trinajstić information content (AvgIpc) is 2.41. The lowest BCUT2D eigenvalue weighted by molar-refractivity contribution is 0.0723. The summed E-state index contributed by atoms with van der Waals surface area (Å²) in [6, 6.07) is 6.31. The SMILES string of the molecule is CCCN1CCN(CC(O)c2ccc(C)cc2C)CC1. The van der Waals surface area contributed by atoms with Crippen LogP contribution in [0.4, 0.5) is 0 Å². The highest BCUT2D eigenvalue weighted by Gasteiger charge is 2.20. The molecule has 0 aliphatic carbocycles. The number of aliphatic hydroxyl groups is 1. The standard InChI is InChI=1S/C17H28N2O/c1-4-7-18-8-10-19(11-9-18)13-17(20)16-6-5-14(2)12-15(16)3/h5-6,12,17,20H,4,7-11,13H2,1-3H3. The highest BCUT2D eigenvalue weighted by atomic mass is 16.3. The summed E-state index contributed by atoms with van der Waals surface area (Å²) in [6.07, 6.45) is 0.860. The maximum Gasteiger partial charge on any atom is 0.0919 e. The second-order valence-corrected chi connectivity index (χ2v) is 6.02. The highest BCUT2D eigenvalue weighted by molar-refractivity contribution is 5.32. The fourth-order valence-electron chi connectivity index (χ4n) is 3.05. The molecule has 1 aliphatic heterocycles. The van der Waals surface area contributed by atoms with E-state index in [1.54, 1.807) is 0 Å². The van der Waals surface area contributed by atoms with Crippen LogP contribution in [0.1, 0.15) is 36.1 Å². The number of benzene rings is 1. The Bertz CT molecular complexity index is 425. The van der Waals surface area contributed by atoms with Crippen LogP contribution in [0.2, 0.25) is 0 Å². The molecular weight excluding hydrogens is 248 g/mol. The molecule has 2 rings (SSSR count). The molecule has 3 heteroatoms. The summed E-state index contributed by atoms with van der Waals surface area (Å²) in [5.74, 6) is 0. The monoisotopic (exact) mass is 276 g/mol. The predicted octanol–water partition coefficient (Wildman–Crippen LogP) is 2.36. The first kappa shape index (κ1) is 15.5. The second-order valence-electron chi connectivity index (χ2n) is 6.02. The van der Waals surface area contributed by atoms with Gasteiger partial charge in [0.1, 0.15) is 0 Å². The number of β-amino-alcohol motifs (C(OH)–C–C–N with tert-alkyl or cyclic N) is 1. The summed E-state index contributed by atoms with van der Waals surface area (Å²) < 4.78 is 0. The zero-order valence-corrected chi connectivity index (χ0v) is 13.1. The highest BCUT2D eigenvalue weighted by Crippen LogP contribution is 2.20. The van der Waals surface area contributed by atoms with Crippen molar-refractivity contribution < 1.29 is 5.11 Å². The van der Waals surface area contributed by atoms with Gasteiger partial charge in [-0.3, -0.25) is 4.90 Å². The molecule has 1 heterocycles.